The first-order valence-electron chi connectivity index (χ1n) is 12.1. The van der Waals surface area contributed by atoms with Gasteiger partial charge in [0.15, 0.2) is 12.4 Å². The monoisotopic (exact) mass is 541 g/mol. The molecule has 1 fully saturated rings. The Labute approximate surface area is 225 Å². The van der Waals surface area contributed by atoms with E-state index in [9.17, 15) is 23.7 Å². The van der Waals surface area contributed by atoms with Crippen LogP contribution in [-0.4, -0.2) is 64.2 Å². The lowest BCUT2D eigenvalue weighted by Crippen LogP contribution is -2.56. The molecule has 1 amide bonds. The van der Waals surface area contributed by atoms with Crippen molar-refractivity contribution < 1.29 is 17.9 Å². The quantitative estimate of drug-likeness (QED) is 0.223. The van der Waals surface area contributed by atoms with Crippen LogP contribution in [0.2, 0.25) is 0 Å². The van der Waals surface area contributed by atoms with Crippen molar-refractivity contribution in [3.63, 3.8) is 0 Å². The molecule has 196 valence electrons. The fourth-order valence-electron chi connectivity index (χ4n) is 4.59. The number of terminal acetylenes is 1. The molecule has 1 aliphatic rings. The number of sulfonamides is 1. The smallest absolute Gasteiger partial charge is 0.291 e. The lowest BCUT2D eigenvalue weighted by molar-refractivity contribution is -0.605. The second-order valence-corrected chi connectivity index (χ2v) is 10.9. The number of hydrogen-bond acceptors (Lipinski definition) is 7. The summed E-state index contributed by atoms with van der Waals surface area (Å²) in [6.45, 7) is 0.209. The molecular formula is C27H23N7O4S. The van der Waals surface area contributed by atoms with Crippen molar-refractivity contribution in [2.75, 3.05) is 19.6 Å². The van der Waals surface area contributed by atoms with E-state index >= 15 is 0 Å². The largest absolute Gasteiger partial charge is 0.619 e. The molecular weight excluding hydrogens is 518 g/mol. The SMILES string of the molecule is C#Cc1ccc2[nH]c(S(=O)(=O)N3CCN(C(=O)c4ncc(-c5cc[n+]([O-])cc5)cn4)C(CCC#N)C3)cc2c1. The van der Waals surface area contributed by atoms with Gasteiger partial charge < -0.3 is 15.1 Å². The molecule has 0 saturated carbocycles. The number of nitrogens with zero attached hydrogens (tertiary/aromatic N) is 6. The van der Waals surface area contributed by atoms with E-state index in [0.29, 0.717) is 33.2 Å². The average molecular weight is 542 g/mol. The first-order valence-corrected chi connectivity index (χ1v) is 13.5. The molecule has 1 N–H and O–H groups in total. The third kappa shape index (κ3) is 5.16. The van der Waals surface area contributed by atoms with Crippen molar-refractivity contribution in [1.82, 2.24) is 24.2 Å². The Morgan fingerprint density at radius 3 is 2.59 bits per heavy atom. The minimum Gasteiger partial charge on any atom is -0.619 e. The fraction of sp³-hybridized carbons (Fsp3) is 0.222. The molecule has 4 heterocycles. The Bertz CT molecular complexity index is 1720. The highest BCUT2D eigenvalue weighted by Gasteiger charge is 2.37. The van der Waals surface area contributed by atoms with Crippen LogP contribution >= 0.6 is 0 Å². The van der Waals surface area contributed by atoms with E-state index in [0.717, 1.165) is 5.56 Å². The molecule has 1 aliphatic heterocycles. The maximum Gasteiger partial charge on any atom is 0.291 e. The Morgan fingerprint density at radius 2 is 1.90 bits per heavy atom. The van der Waals surface area contributed by atoms with Crippen molar-refractivity contribution >= 4 is 26.8 Å². The zero-order valence-electron chi connectivity index (χ0n) is 20.7. The van der Waals surface area contributed by atoms with Gasteiger partial charge in [0.1, 0.15) is 5.03 Å². The topological polar surface area (TPSA) is 150 Å². The highest BCUT2D eigenvalue weighted by atomic mass is 32.2. The number of hydrogen-bond donors (Lipinski definition) is 1. The van der Waals surface area contributed by atoms with Crippen LogP contribution in [0.3, 0.4) is 0 Å². The van der Waals surface area contributed by atoms with Crippen LogP contribution in [0.1, 0.15) is 29.0 Å². The molecule has 0 radical (unpaired) electrons. The summed E-state index contributed by atoms with van der Waals surface area (Å²) < 4.78 is 29.0. The molecule has 39 heavy (non-hydrogen) atoms. The van der Waals surface area contributed by atoms with Gasteiger partial charge in [-0.2, -0.15) is 14.3 Å². The zero-order chi connectivity index (χ0) is 27.6. The van der Waals surface area contributed by atoms with Gasteiger partial charge in [0.05, 0.1) is 6.07 Å². The van der Waals surface area contributed by atoms with Gasteiger partial charge in [-0.15, -0.1) is 6.42 Å². The van der Waals surface area contributed by atoms with Crippen molar-refractivity contribution in [2.24, 2.45) is 0 Å². The number of carbonyl (C=O) groups excluding carboxylic acids is 1. The standard InChI is InChI=1S/C27H23N7O4S/c1-2-19-5-6-24-21(14-19)15-25(31-24)39(37,38)33-12-13-34(23(18-33)4-3-9-28)27(35)26-29-16-22(17-30-26)20-7-10-32(36)11-8-20/h1,5-8,10-11,14-17,23,31H,3-4,12-13,18H2. The van der Waals surface area contributed by atoms with Crippen LogP contribution in [0, 0.1) is 28.9 Å². The number of aromatic amines is 1. The number of rotatable bonds is 6. The minimum atomic E-state index is -3.90. The van der Waals surface area contributed by atoms with Gasteiger partial charge in [0.25, 0.3) is 15.9 Å². The van der Waals surface area contributed by atoms with Crippen LogP contribution in [0.5, 0.6) is 0 Å². The van der Waals surface area contributed by atoms with Gasteiger partial charge in [-0.1, -0.05) is 5.92 Å². The Hall–Kier alpha value is -4.78. The van der Waals surface area contributed by atoms with E-state index in [1.54, 1.807) is 36.4 Å². The number of benzene rings is 1. The Balaban J connectivity index is 1.36. The Morgan fingerprint density at radius 1 is 1.15 bits per heavy atom. The highest BCUT2D eigenvalue weighted by Crippen LogP contribution is 2.26. The molecule has 0 aliphatic carbocycles. The number of aromatic nitrogens is 4. The van der Waals surface area contributed by atoms with E-state index in [4.69, 9.17) is 6.42 Å². The third-order valence-electron chi connectivity index (χ3n) is 6.65. The maximum atomic E-state index is 13.5. The summed E-state index contributed by atoms with van der Waals surface area (Å²) >= 11 is 0. The van der Waals surface area contributed by atoms with Gasteiger partial charge in [-0.05, 0) is 36.2 Å². The molecule has 4 aromatic rings. The number of fused-ring (bicyclic) bond motifs is 1. The third-order valence-corrected chi connectivity index (χ3v) is 8.44. The van der Waals surface area contributed by atoms with Crippen LogP contribution in [0.4, 0.5) is 0 Å². The lowest BCUT2D eigenvalue weighted by atomic mass is 10.1. The van der Waals surface area contributed by atoms with E-state index in [1.807, 2.05) is 0 Å². The van der Waals surface area contributed by atoms with Crippen molar-refractivity contribution in [3.8, 4) is 29.5 Å². The zero-order valence-corrected chi connectivity index (χ0v) is 21.5. The van der Waals surface area contributed by atoms with E-state index < -0.39 is 22.0 Å². The number of piperazine rings is 1. The van der Waals surface area contributed by atoms with Crippen LogP contribution in [-0.2, 0) is 10.0 Å². The summed E-state index contributed by atoms with van der Waals surface area (Å²) in [5.41, 5.74) is 2.64. The van der Waals surface area contributed by atoms with Crippen molar-refractivity contribution in [3.05, 3.63) is 77.8 Å². The summed E-state index contributed by atoms with van der Waals surface area (Å²) in [6.07, 6.45) is 11.6. The van der Waals surface area contributed by atoms with Gasteiger partial charge in [0.2, 0.25) is 5.82 Å². The van der Waals surface area contributed by atoms with E-state index in [2.05, 4.69) is 26.9 Å². The predicted molar refractivity (Wildman–Crippen MR) is 141 cm³/mol. The normalized spacial score (nSPS) is 16.1. The summed E-state index contributed by atoms with van der Waals surface area (Å²) in [5, 5.41) is 21.2. The molecule has 11 nitrogen and oxygen atoms in total. The average Bonchev–Trinajstić information content (AvgIpc) is 3.40. The first kappa shape index (κ1) is 25.9. The van der Waals surface area contributed by atoms with Crippen LogP contribution < -0.4 is 4.73 Å². The Kier molecular flexibility index (Phi) is 6.98. The highest BCUT2D eigenvalue weighted by molar-refractivity contribution is 7.89. The van der Waals surface area contributed by atoms with Gasteiger partial charge >= 0.3 is 0 Å². The molecule has 1 aromatic carbocycles. The summed E-state index contributed by atoms with van der Waals surface area (Å²) in [6, 6.07) is 11.5. The molecule has 12 heteroatoms. The first-order chi connectivity index (χ1) is 18.8. The van der Waals surface area contributed by atoms with Gasteiger partial charge in [-0.25, -0.2) is 18.4 Å². The minimum absolute atomic E-state index is 0.0258. The molecule has 5 rings (SSSR count). The molecule has 1 unspecified atom stereocenters. The van der Waals surface area contributed by atoms with Crippen LogP contribution in [0.15, 0.2) is 66.2 Å². The number of carbonyl (C=O) groups is 1. The molecule has 1 saturated heterocycles. The van der Waals surface area contributed by atoms with Crippen LogP contribution in [0.25, 0.3) is 22.0 Å². The second kappa shape index (κ2) is 10.5. The predicted octanol–water partition coefficient (Wildman–Crippen LogP) is 2.06. The van der Waals surface area contributed by atoms with E-state index in [-0.39, 0.29) is 36.9 Å². The lowest BCUT2D eigenvalue weighted by Gasteiger charge is -2.40. The van der Waals surface area contributed by atoms with Crippen molar-refractivity contribution in [1.29, 1.82) is 5.26 Å². The maximum absolute atomic E-state index is 13.5. The molecule has 1 atom stereocenters. The summed E-state index contributed by atoms with van der Waals surface area (Å²) in [7, 11) is -3.90. The second-order valence-electron chi connectivity index (χ2n) is 9.03. The molecule has 0 spiro atoms. The number of H-pyrrole nitrogens is 1. The van der Waals surface area contributed by atoms with E-state index in [1.165, 1.54) is 34.0 Å². The number of amides is 1. The molecule has 0 bridgehead atoms. The van der Waals surface area contributed by atoms with Crippen molar-refractivity contribution in [2.45, 2.75) is 23.9 Å². The van der Waals surface area contributed by atoms with Gasteiger partial charge in [-0.3, -0.25) is 4.79 Å². The summed E-state index contributed by atoms with van der Waals surface area (Å²) in [5.74, 6) is 2.06. The fourth-order valence-corrected chi connectivity index (χ4v) is 6.07. The van der Waals surface area contributed by atoms with Gasteiger partial charge in [0, 0.05) is 78.7 Å². The number of nitrogens with one attached hydrogen (secondary N) is 1. The number of pyridine rings is 1. The summed E-state index contributed by atoms with van der Waals surface area (Å²) in [4.78, 5) is 26.3. The molecule has 3 aromatic heterocycles. The number of nitriles is 1.